The molecule has 0 radical (unpaired) electrons. The molecule has 0 aliphatic rings. The van der Waals surface area contributed by atoms with Gasteiger partial charge in [-0.1, -0.05) is 23.2 Å². The summed E-state index contributed by atoms with van der Waals surface area (Å²) in [6, 6.07) is 13.0. The predicted molar refractivity (Wildman–Crippen MR) is 115 cm³/mol. The van der Waals surface area contributed by atoms with Gasteiger partial charge in [0.05, 0.1) is 10.5 Å². The summed E-state index contributed by atoms with van der Waals surface area (Å²) in [5.41, 5.74) is 0.762. The third kappa shape index (κ3) is 5.65. The Hall–Kier alpha value is -3.08. The minimum atomic E-state index is -4.81. The Bertz CT molecular complexity index is 1280. The Kier molecular flexibility index (Phi) is 7.01. The second-order valence-corrected chi connectivity index (χ2v) is 9.21. The summed E-state index contributed by atoms with van der Waals surface area (Å²) in [5, 5.41) is 0.590. The zero-order chi connectivity index (χ0) is 24.4. The van der Waals surface area contributed by atoms with Crippen LogP contribution in [-0.4, -0.2) is 24.6 Å². The van der Waals surface area contributed by atoms with E-state index in [0.29, 0.717) is 29.3 Å². The van der Waals surface area contributed by atoms with E-state index in [0.717, 1.165) is 0 Å². The molecule has 0 aliphatic heterocycles. The highest BCUT2D eigenvalue weighted by atomic mass is 35.5. The molecule has 0 unspecified atom stereocenters. The van der Waals surface area contributed by atoms with Gasteiger partial charge in [0.15, 0.2) is 0 Å². The Morgan fingerprint density at radius 1 is 0.758 bits per heavy atom. The van der Waals surface area contributed by atoms with Gasteiger partial charge in [-0.15, -0.1) is 4.41 Å². The maximum absolute atomic E-state index is 13.2. The summed E-state index contributed by atoms with van der Waals surface area (Å²) in [5.74, 6) is -2.13. The highest BCUT2D eigenvalue weighted by Gasteiger charge is 2.34. The SMILES string of the molecule is O=C(NN(C(=O)c1ccc(Cl)cc1)S(=O)(=O)c1ccc(C(F)(F)F)cc1)c1ccc(Cl)cc1. The molecule has 2 amide bonds. The Morgan fingerprint density at radius 2 is 1.21 bits per heavy atom. The third-order valence-electron chi connectivity index (χ3n) is 4.30. The molecule has 1 N–H and O–H groups in total. The van der Waals surface area contributed by atoms with Crippen molar-refractivity contribution in [2.75, 3.05) is 0 Å². The van der Waals surface area contributed by atoms with E-state index in [2.05, 4.69) is 0 Å². The van der Waals surface area contributed by atoms with Crippen molar-refractivity contribution in [1.29, 1.82) is 0 Å². The number of carbonyl (C=O) groups excluding carboxylic acids is 2. The maximum atomic E-state index is 13.2. The van der Waals surface area contributed by atoms with Gasteiger partial charge < -0.3 is 0 Å². The Morgan fingerprint density at radius 3 is 1.67 bits per heavy atom. The number of nitrogens with zero attached hydrogens (tertiary/aromatic N) is 1. The molecule has 0 saturated heterocycles. The number of carbonyl (C=O) groups is 2. The van der Waals surface area contributed by atoms with Crippen LogP contribution in [0.1, 0.15) is 26.3 Å². The molecule has 0 atom stereocenters. The molecule has 172 valence electrons. The van der Waals surface area contributed by atoms with E-state index in [9.17, 15) is 31.2 Å². The molecule has 0 saturated carbocycles. The number of amides is 2. The lowest BCUT2D eigenvalue weighted by Crippen LogP contribution is -2.49. The lowest BCUT2D eigenvalue weighted by atomic mass is 10.2. The quantitative estimate of drug-likeness (QED) is 0.483. The minimum Gasteiger partial charge on any atom is -0.267 e. The van der Waals surface area contributed by atoms with Crippen molar-refractivity contribution in [2.24, 2.45) is 0 Å². The maximum Gasteiger partial charge on any atom is 0.416 e. The van der Waals surface area contributed by atoms with Crippen LogP contribution >= 0.6 is 23.2 Å². The van der Waals surface area contributed by atoms with E-state index in [-0.39, 0.29) is 20.6 Å². The van der Waals surface area contributed by atoms with Crippen LogP contribution in [0.3, 0.4) is 0 Å². The minimum absolute atomic E-state index is 0.0177. The van der Waals surface area contributed by atoms with Crippen LogP contribution in [0, 0.1) is 0 Å². The molecule has 0 spiro atoms. The van der Waals surface area contributed by atoms with Crippen LogP contribution in [0.4, 0.5) is 13.2 Å². The molecule has 3 aromatic carbocycles. The number of hydrogen-bond donors (Lipinski definition) is 1. The molecule has 6 nitrogen and oxygen atoms in total. The fourth-order valence-corrected chi connectivity index (χ4v) is 4.08. The summed E-state index contributed by atoms with van der Waals surface area (Å²) in [4.78, 5) is 25.0. The summed E-state index contributed by atoms with van der Waals surface area (Å²) in [6.45, 7) is 0. The van der Waals surface area contributed by atoms with Gasteiger partial charge in [0, 0.05) is 21.2 Å². The van der Waals surface area contributed by atoms with Crippen LogP contribution in [0.2, 0.25) is 10.0 Å². The van der Waals surface area contributed by atoms with Gasteiger partial charge in [-0.05, 0) is 72.8 Å². The van der Waals surface area contributed by atoms with Crippen LogP contribution < -0.4 is 5.43 Å². The molecule has 0 fully saturated rings. The third-order valence-corrected chi connectivity index (χ3v) is 6.41. The monoisotopic (exact) mass is 516 g/mol. The highest BCUT2D eigenvalue weighted by molar-refractivity contribution is 7.89. The van der Waals surface area contributed by atoms with E-state index >= 15 is 0 Å². The van der Waals surface area contributed by atoms with E-state index in [4.69, 9.17) is 23.2 Å². The van der Waals surface area contributed by atoms with Crippen molar-refractivity contribution < 1.29 is 31.2 Å². The number of halogens is 5. The molecule has 33 heavy (non-hydrogen) atoms. The Labute approximate surface area is 196 Å². The molecule has 12 heteroatoms. The lowest BCUT2D eigenvalue weighted by Gasteiger charge is -2.23. The summed E-state index contributed by atoms with van der Waals surface area (Å²) in [7, 11) is -4.81. The number of rotatable bonds is 4. The van der Waals surface area contributed by atoms with Crippen LogP contribution in [0.25, 0.3) is 0 Å². The van der Waals surface area contributed by atoms with Crippen molar-refractivity contribution in [3.8, 4) is 0 Å². The number of alkyl halides is 3. The number of benzene rings is 3. The van der Waals surface area contributed by atoms with Gasteiger partial charge in [0.1, 0.15) is 0 Å². The summed E-state index contributed by atoms with van der Waals surface area (Å²) in [6.07, 6.45) is -4.69. The van der Waals surface area contributed by atoms with Crippen molar-refractivity contribution in [3.05, 3.63) is 99.5 Å². The van der Waals surface area contributed by atoms with Crippen LogP contribution in [0.15, 0.2) is 77.7 Å². The molecular formula is C21H13Cl2F3N2O4S. The number of sulfonamides is 1. The molecule has 3 rings (SSSR count). The van der Waals surface area contributed by atoms with Gasteiger partial charge in [-0.3, -0.25) is 9.59 Å². The van der Waals surface area contributed by atoms with Crippen molar-refractivity contribution >= 4 is 45.0 Å². The normalized spacial score (nSPS) is 11.7. The average Bonchev–Trinajstić information content (AvgIpc) is 2.77. The highest BCUT2D eigenvalue weighted by Crippen LogP contribution is 2.30. The van der Waals surface area contributed by atoms with Gasteiger partial charge in [-0.25, -0.2) is 5.43 Å². The van der Waals surface area contributed by atoms with Crippen molar-refractivity contribution in [2.45, 2.75) is 11.1 Å². The molecular weight excluding hydrogens is 504 g/mol. The van der Waals surface area contributed by atoms with Gasteiger partial charge in [0.25, 0.3) is 21.8 Å². The number of hydrazine groups is 1. The number of hydrogen-bond acceptors (Lipinski definition) is 4. The second-order valence-electron chi connectivity index (χ2n) is 6.55. The second kappa shape index (κ2) is 9.42. The molecule has 0 heterocycles. The van der Waals surface area contributed by atoms with Crippen LogP contribution in [0.5, 0.6) is 0 Å². The van der Waals surface area contributed by atoms with Crippen LogP contribution in [-0.2, 0) is 16.2 Å². The molecule has 0 aromatic heterocycles. The van der Waals surface area contributed by atoms with Gasteiger partial charge >= 0.3 is 6.18 Å². The first-order chi connectivity index (χ1) is 15.4. The van der Waals surface area contributed by atoms with Gasteiger partial charge in [-0.2, -0.15) is 21.6 Å². The summed E-state index contributed by atoms with van der Waals surface area (Å²) < 4.78 is 64.9. The van der Waals surface area contributed by atoms with E-state index < -0.39 is 38.5 Å². The standard InChI is InChI=1S/C21H13Cl2F3N2O4S/c22-16-7-1-13(2-8-16)19(29)27-28(20(30)14-3-9-17(23)10-4-14)33(31,32)18-11-5-15(6-12-18)21(24,25)26/h1-12H,(H,27,29). The van der Waals surface area contributed by atoms with E-state index in [1.54, 1.807) is 0 Å². The molecule has 0 aliphatic carbocycles. The molecule has 0 bridgehead atoms. The van der Waals surface area contributed by atoms with Crippen molar-refractivity contribution in [1.82, 2.24) is 9.84 Å². The fraction of sp³-hybridized carbons (Fsp3) is 0.0476. The zero-order valence-corrected chi connectivity index (χ0v) is 18.6. The zero-order valence-electron chi connectivity index (χ0n) is 16.3. The topological polar surface area (TPSA) is 83.6 Å². The number of nitrogens with one attached hydrogen (secondary N) is 1. The fourth-order valence-electron chi connectivity index (χ4n) is 2.61. The van der Waals surface area contributed by atoms with E-state index in [1.807, 2.05) is 5.43 Å². The summed E-state index contributed by atoms with van der Waals surface area (Å²) >= 11 is 11.6. The van der Waals surface area contributed by atoms with Crippen molar-refractivity contribution in [3.63, 3.8) is 0 Å². The Balaban J connectivity index is 2.02. The van der Waals surface area contributed by atoms with E-state index in [1.165, 1.54) is 48.5 Å². The van der Waals surface area contributed by atoms with Gasteiger partial charge in [0.2, 0.25) is 0 Å². The lowest BCUT2D eigenvalue weighted by molar-refractivity contribution is -0.137. The smallest absolute Gasteiger partial charge is 0.267 e. The molecule has 3 aromatic rings. The predicted octanol–water partition coefficient (Wildman–Crippen LogP) is 5.19. The first kappa shape index (κ1) is 24.6. The average molecular weight is 517 g/mol. The first-order valence-corrected chi connectivity index (χ1v) is 11.2. The largest absolute Gasteiger partial charge is 0.416 e. The first-order valence-electron chi connectivity index (χ1n) is 8.98.